The SMILES string of the molecule is CCC(C)C(=O)Nc1nc2c(nc1C)C1=C(C=C(O)CC1)CC2. The van der Waals surface area contributed by atoms with Crippen LogP contribution in [0.4, 0.5) is 5.82 Å². The molecule has 0 saturated carbocycles. The average molecular weight is 313 g/mol. The summed E-state index contributed by atoms with van der Waals surface area (Å²) in [6, 6.07) is 0. The lowest BCUT2D eigenvalue weighted by molar-refractivity contribution is -0.119. The molecule has 5 nitrogen and oxygen atoms in total. The van der Waals surface area contributed by atoms with Crippen molar-refractivity contribution in [1.29, 1.82) is 0 Å². The van der Waals surface area contributed by atoms with Crippen molar-refractivity contribution in [3.05, 3.63) is 34.5 Å². The zero-order chi connectivity index (χ0) is 16.6. The number of hydrogen-bond acceptors (Lipinski definition) is 4. The molecule has 0 aliphatic heterocycles. The summed E-state index contributed by atoms with van der Waals surface area (Å²) in [7, 11) is 0. The number of aliphatic hydroxyl groups excluding tert-OH is 1. The van der Waals surface area contributed by atoms with E-state index in [1.54, 1.807) is 0 Å². The minimum atomic E-state index is -0.0343. The maximum atomic E-state index is 12.1. The van der Waals surface area contributed by atoms with Crippen molar-refractivity contribution < 1.29 is 9.90 Å². The minimum Gasteiger partial charge on any atom is -0.512 e. The van der Waals surface area contributed by atoms with E-state index in [1.165, 1.54) is 11.1 Å². The molecule has 0 bridgehead atoms. The van der Waals surface area contributed by atoms with Gasteiger partial charge in [-0.05, 0) is 49.8 Å². The van der Waals surface area contributed by atoms with Gasteiger partial charge in [-0.15, -0.1) is 0 Å². The Kier molecular flexibility index (Phi) is 4.20. The van der Waals surface area contributed by atoms with E-state index in [2.05, 4.69) is 10.3 Å². The Balaban J connectivity index is 1.94. The Morgan fingerprint density at radius 3 is 2.83 bits per heavy atom. The highest BCUT2D eigenvalue weighted by atomic mass is 16.3. The van der Waals surface area contributed by atoms with Gasteiger partial charge in [-0.2, -0.15) is 0 Å². The first-order valence-electron chi connectivity index (χ1n) is 8.30. The van der Waals surface area contributed by atoms with Gasteiger partial charge in [0, 0.05) is 12.3 Å². The predicted molar refractivity (Wildman–Crippen MR) is 90.0 cm³/mol. The lowest BCUT2D eigenvalue weighted by atomic mass is 9.85. The number of nitrogens with zero attached hydrogens (tertiary/aromatic N) is 2. The number of aromatic nitrogens is 2. The van der Waals surface area contributed by atoms with Gasteiger partial charge in [0.15, 0.2) is 5.82 Å². The average Bonchev–Trinajstić information content (AvgIpc) is 2.54. The second kappa shape index (κ2) is 6.14. The third-order valence-electron chi connectivity index (χ3n) is 4.72. The first-order chi connectivity index (χ1) is 11.0. The Morgan fingerprint density at radius 2 is 2.09 bits per heavy atom. The third kappa shape index (κ3) is 3.00. The van der Waals surface area contributed by atoms with E-state index in [9.17, 15) is 9.90 Å². The van der Waals surface area contributed by atoms with Crippen molar-refractivity contribution in [2.24, 2.45) is 5.92 Å². The summed E-state index contributed by atoms with van der Waals surface area (Å²) in [6.07, 6.45) is 5.79. The normalized spacial score (nSPS) is 18.0. The molecule has 1 aromatic rings. The topological polar surface area (TPSA) is 75.1 Å². The smallest absolute Gasteiger partial charge is 0.228 e. The molecule has 2 aliphatic carbocycles. The summed E-state index contributed by atoms with van der Waals surface area (Å²) in [4.78, 5) is 21.5. The molecule has 1 atom stereocenters. The lowest BCUT2D eigenvalue weighted by Crippen LogP contribution is -2.22. The van der Waals surface area contributed by atoms with Crippen LogP contribution in [0.15, 0.2) is 17.4 Å². The van der Waals surface area contributed by atoms with Crippen LogP contribution in [-0.2, 0) is 11.2 Å². The molecule has 0 aromatic carbocycles. The zero-order valence-corrected chi connectivity index (χ0v) is 13.9. The first kappa shape index (κ1) is 15.7. The maximum Gasteiger partial charge on any atom is 0.228 e. The summed E-state index contributed by atoms with van der Waals surface area (Å²) < 4.78 is 0. The minimum absolute atomic E-state index is 0.00825. The number of aryl methyl sites for hydroxylation is 2. The van der Waals surface area contributed by atoms with Crippen molar-refractivity contribution >= 4 is 17.3 Å². The number of aliphatic hydroxyl groups is 1. The highest BCUT2D eigenvalue weighted by molar-refractivity contribution is 5.92. The lowest BCUT2D eigenvalue weighted by Gasteiger charge is -2.25. The van der Waals surface area contributed by atoms with Crippen LogP contribution in [-0.4, -0.2) is 21.0 Å². The van der Waals surface area contributed by atoms with Gasteiger partial charge in [-0.25, -0.2) is 9.97 Å². The molecule has 1 amide bonds. The molecule has 1 unspecified atom stereocenters. The molecule has 122 valence electrons. The number of carbonyl (C=O) groups is 1. The quantitative estimate of drug-likeness (QED) is 0.892. The Bertz CT molecular complexity index is 719. The van der Waals surface area contributed by atoms with E-state index < -0.39 is 0 Å². The summed E-state index contributed by atoms with van der Waals surface area (Å²) >= 11 is 0. The van der Waals surface area contributed by atoms with Crippen LogP contribution < -0.4 is 5.32 Å². The number of carbonyl (C=O) groups excluding carboxylic acids is 1. The molecular formula is C18H23N3O2. The summed E-state index contributed by atoms with van der Waals surface area (Å²) in [5.41, 5.74) is 5.00. The highest BCUT2D eigenvalue weighted by Crippen LogP contribution is 2.37. The summed E-state index contributed by atoms with van der Waals surface area (Å²) in [6.45, 7) is 5.79. The van der Waals surface area contributed by atoms with E-state index in [-0.39, 0.29) is 11.8 Å². The van der Waals surface area contributed by atoms with E-state index in [0.29, 0.717) is 18.0 Å². The number of nitrogens with one attached hydrogen (secondary N) is 1. The second-order valence-electron chi connectivity index (χ2n) is 6.39. The van der Waals surface area contributed by atoms with Crippen molar-refractivity contribution in [2.75, 3.05) is 5.32 Å². The van der Waals surface area contributed by atoms with Gasteiger partial charge in [0.2, 0.25) is 5.91 Å². The van der Waals surface area contributed by atoms with Gasteiger partial charge >= 0.3 is 0 Å². The van der Waals surface area contributed by atoms with Gasteiger partial charge in [0.05, 0.1) is 22.8 Å². The van der Waals surface area contributed by atoms with Gasteiger partial charge in [-0.3, -0.25) is 4.79 Å². The van der Waals surface area contributed by atoms with E-state index in [4.69, 9.17) is 4.98 Å². The van der Waals surface area contributed by atoms with Gasteiger partial charge in [0.25, 0.3) is 0 Å². The highest BCUT2D eigenvalue weighted by Gasteiger charge is 2.25. The van der Waals surface area contributed by atoms with Crippen LogP contribution in [0.1, 0.15) is 56.6 Å². The van der Waals surface area contributed by atoms with E-state index in [0.717, 1.165) is 42.8 Å². The largest absolute Gasteiger partial charge is 0.512 e. The molecule has 1 heterocycles. The number of anilines is 1. The van der Waals surface area contributed by atoms with Crippen molar-refractivity contribution in [1.82, 2.24) is 9.97 Å². The predicted octanol–water partition coefficient (Wildman–Crippen LogP) is 3.71. The molecule has 23 heavy (non-hydrogen) atoms. The number of amides is 1. The third-order valence-corrected chi connectivity index (χ3v) is 4.72. The van der Waals surface area contributed by atoms with Crippen LogP contribution in [0.3, 0.4) is 0 Å². The maximum absolute atomic E-state index is 12.1. The van der Waals surface area contributed by atoms with Gasteiger partial charge in [-0.1, -0.05) is 13.8 Å². The second-order valence-corrected chi connectivity index (χ2v) is 6.39. The van der Waals surface area contributed by atoms with Crippen molar-refractivity contribution in [3.63, 3.8) is 0 Å². The Labute approximate surface area is 136 Å². The molecule has 0 radical (unpaired) electrons. The number of allylic oxidation sites excluding steroid dienone is 4. The van der Waals surface area contributed by atoms with Crippen molar-refractivity contribution in [2.45, 2.75) is 52.9 Å². The van der Waals surface area contributed by atoms with Crippen LogP contribution >= 0.6 is 0 Å². The number of fused-ring (bicyclic) bond motifs is 2. The van der Waals surface area contributed by atoms with Crippen LogP contribution in [0, 0.1) is 12.8 Å². The monoisotopic (exact) mass is 313 g/mol. The number of rotatable bonds is 3. The van der Waals surface area contributed by atoms with Gasteiger partial charge in [0.1, 0.15) is 0 Å². The fourth-order valence-corrected chi connectivity index (χ4v) is 3.03. The molecule has 0 fully saturated rings. The van der Waals surface area contributed by atoms with Crippen molar-refractivity contribution in [3.8, 4) is 0 Å². The van der Waals surface area contributed by atoms with Gasteiger partial charge < -0.3 is 10.4 Å². The Morgan fingerprint density at radius 1 is 1.30 bits per heavy atom. The van der Waals surface area contributed by atoms with Crippen LogP contribution in [0.25, 0.3) is 5.57 Å². The van der Waals surface area contributed by atoms with Crippen LogP contribution in [0.2, 0.25) is 0 Å². The van der Waals surface area contributed by atoms with E-state index in [1.807, 2.05) is 26.8 Å². The summed E-state index contributed by atoms with van der Waals surface area (Å²) in [5.74, 6) is 0.987. The Hall–Kier alpha value is -2.17. The van der Waals surface area contributed by atoms with E-state index >= 15 is 0 Å². The molecular weight excluding hydrogens is 290 g/mol. The zero-order valence-electron chi connectivity index (χ0n) is 13.9. The molecule has 5 heteroatoms. The molecule has 2 N–H and O–H groups in total. The molecule has 1 aromatic heterocycles. The molecule has 2 aliphatic rings. The first-order valence-corrected chi connectivity index (χ1v) is 8.30. The molecule has 0 saturated heterocycles. The number of hydrogen-bond donors (Lipinski definition) is 2. The standard InChI is InChI=1S/C18H23N3O2/c1-4-10(2)18(23)21-17-11(3)19-16-14-7-6-13(22)9-12(14)5-8-15(16)20-17/h9-10,22H,4-8H2,1-3H3,(H,20,21,23). The molecule has 0 spiro atoms. The fraction of sp³-hybridized carbons (Fsp3) is 0.500. The summed E-state index contributed by atoms with van der Waals surface area (Å²) in [5, 5.41) is 12.6. The van der Waals surface area contributed by atoms with Crippen LogP contribution in [0.5, 0.6) is 0 Å². The molecule has 3 rings (SSSR count). The fourth-order valence-electron chi connectivity index (χ4n) is 3.03.